The number of halogens is 1. The maximum atomic E-state index is 9.79. The van der Waals surface area contributed by atoms with Crippen molar-refractivity contribution >= 4 is 26.8 Å². The highest BCUT2D eigenvalue weighted by Crippen LogP contribution is 2.34. The van der Waals surface area contributed by atoms with E-state index < -0.39 is 0 Å². The van der Waals surface area contributed by atoms with Crippen LogP contribution in [0.15, 0.2) is 22.8 Å². The monoisotopic (exact) mass is 262 g/mol. The minimum atomic E-state index is -0.0561. The largest absolute Gasteiger partial charge is 0.504 e. The molecule has 0 fully saturated rings. The Balaban J connectivity index is 3.01. The highest BCUT2D eigenvalue weighted by atomic mass is 79.9. The zero-order chi connectivity index (χ0) is 11.0. The van der Waals surface area contributed by atoms with Crippen molar-refractivity contribution in [3.63, 3.8) is 0 Å². The van der Waals surface area contributed by atoms with Crippen LogP contribution < -0.4 is 0 Å². The number of hydrogen-bond donors (Lipinski definition) is 1. The van der Waals surface area contributed by atoms with Gasteiger partial charge in [0.1, 0.15) is 11.6 Å². The topological polar surface area (TPSA) is 56.9 Å². The number of fused-ring (bicyclic) bond motifs is 1. The van der Waals surface area contributed by atoms with Crippen LogP contribution in [0.2, 0.25) is 0 Å². The van der Waals surface area contributed by atoms with Crippen molar-refractivity contribution in [2.45, 2.75) is 6.92 Å². The second-order valence-electron chi connectivity index (χ2n) is 3.22. The van der Waals surface area contributed by atoms with E-state index in [0.717, 1.165) is 15.4 Å². The summed E-state index contributed by atoms with van der Waals surface area (Å²) >= 11 is 3.37. The van der Waals surface area contributed by atoms with Gasteiger partial charge in [0.15, 0.2) is 5.75 Å². The second kappa shape index (κ2) is 3.52. The van der Waals surface area contributed by atoms with Crippen LogP contribution in [-0.4, -0.2) is 10.1 Å². The Morgan fingerprint density at radius 1 is 1.53 bits per heavy atom. The van der Waals surface area contributed by atoms with Crippen LogP contribution >= 0.6 is 15.9 Å². The predicted molar refractivity (Wildman–Crippen MR) is 60.6 cm³/mol. The molecule has 0 aliphatic carbocycles. The molecular weight excluding hydrogens is 256 g/mol. The highest BCUT2D eigenvalue weighted by molar-refractivity contribution is 9.10. The molecule has 0 spiro atoms. The van der Waals surface area contributed by atoms with Crippen molar-refractivity contribution in [2.75, 3.05) is 0 Å². The number of phenolic OH excluding ortho intramolecular Hbond substituents is 1. The van der Waals surface area contributed by atoms with E-state index in [1.807, 2.05) is 19.1 Å². The first-order chi connectivity index (χ1) is 7.15. The average molecular weight is 263 g/mol. The molecule has 0 aliphatic heterocycles. The fourth-order valence-electron chi connectivity index (χ4n) is 1.52. The normalized spacial score (nSPS) is 10.2. The Labute approximate surface area is 95.1 Å². The van der Waals surface area contributed by atoms with Crippen LogP contribution in [0.1, 0.15) is 11.1 Å². The fraction of sp³-hybridized carbons (Fsp3) is 0.0909. The third-order valence-electron chi connectivity index (χ3n) is 2.27. The van der Waals surface area contributed by atoms with E-state index >= 15 is 0 Å². The molecule has 1 aromatic carbocycles. The maximum Gasteiger partial charge on any atom is 0.159 e. The van der Waals surface area contributed by atoms with Gasteiger partial charge in [-0.15, -0.1) is 0 Å². The lowest BCUT2D eigenvalue weighted by molar-refractivity contribution is 0.478. The third kappa shape index (κ3) is 1.45. The molecule has 0 bridgehead atoms. The number of aromatic nitrogens is 1. The van der Waals surface area contributed by atoms with Crippen molar-refractivity contribution in [3.05, 3.63) is 33.9 Å². The number of hydrogen-bond acceptors (Lipinski definition) is 3. The first kappa shape index (κ1) is 9.94. The van der Waals surface area contributed by atoms with E-state index in [9.17, 15) is 5.11 Å². The molecule has 0 atom stereocenters. The van der Waals surface area contributed by atoms with Crippen LogP contribution in [0.25, 0.3) is 10.9 Å². The molecule has 0 unspecified atom stereocenters. The summed E-state index contributed by atoms with van der Waals surface area (Å²) in [5.74, 6) is -0.0561. The lowest BCUT2D eigenvalue weighted by Crippen LogP contribution is -1.88. The number of rotatable bonds is 0. The van der Waals surface area contributed by atoms with Gasteiger partial charge in [-0.05, 0) is 24.6 Å². The number of phenols is 1. The van der Waals surface area contributed by atoms with E-state index in [-0.39, 0.29) is 11.3 Å². The Kier molecular flexibility index (Phi) is 2.33. The standard InChI is InChI=1S/C11H7BrN2O/c1-6-2-3-14-10-9(6)8(12)4-7(5-13)11(10)15/h2-4,15H,1H3. The first-order valence-corrected chi connectivity index (χ1v) is 5.11. The molecule has 74 valence electrons. The van der Waals surface area contributed by atoms with Gasteiger partial charge in [-0.3, -0.25) is 4.98 Å². The molecule has 3 nitrogen and oxygen atoms in total. The van der Waals surface area contributed by atoms with Crippen LogP contribution in [-0.2, 0) is 0 Å². The zero-order valence-corrected chi connectivity index (χ0v) is 9.54. The van der Waals surface area contributed by atoms with Gasteiger partial charge >= 0.3 is 0 Å². The fourth-order valence-corrected chi connectivity index (χ4v) is 2.25. The van der Waals surface area contributed by atoms with Gasteiger partial charge in [0, 0.05) is 16.1 Å². The smallest absolute Gasteiger partial charge is 0.159 e. The molecular formula is C11H7BrN2O. The molecule has 0 amide bonds. The lowest BCUT2D eigenvalue weighted by atomic mass is 10.1. The van der Waals surface area contributed by atoms with Gasteiger partial charge in [0.2, 0.25) is 0 Å². The summed E-state index contributed by atoms with van der Waals surface area (Å²) in [7, 11) is 0. The number of benzene rings is 1. The lowest BCUT2D eigenvalue weighted by Gasteiger charge is -2.06. The molecule has 1 heterocycles. The average Bonchev–Trinajstić information content (AvgIpc) is 2.23. The summed E-state index contributed by atoms with van der Waals surface area (Å²) in [6.07, 6.45) is 1.62. The van der Waals surface area contributed by atoms with E-state index in [0.29, 0.717) is 5.52 Å². The first-order valence-electron chi connectivity index (χ1n) is 4.32. The van der Waals surface area contributed by atoms with Crippen molar-refractivity contribution in [1.82, 2.24) is 4.98 Å². The number of nitrogens with zero attached hydrogens (tertiary/aromatic N) is 2. The van der Waals surface area contributed by atoms with E-state index in [2.05, 4.69) is 20.9 Å². The van der Waals surface area contributed by atoms with Gasteiger partial charge in [-0.1, -0.05) is 15.9 Å². The highest BCUT2D eigenvalue weighted by Gasteiger charge is 2.12. The summed E-state index contributed by atoms with van der Waals surface area (Å²) in [6.45, 7) is 1.93. The number of aryl methyl sites for hydroxylation is 1. The molecule has 15 heavy (non-hydrogen) atoms. The Hall–Kier alpha value is -1.60. The summed E-state index contributed by atoms with van der Waals surface area (Å²) in [6, 6.07) is 5.39. The van der Waals surface area contributed by atoms with Gasteiger partial charge in [0.05, 0.1) is 5.56 Å². The number of aromatic hydroxyl groups is 1. The quantitative estimate of drug-likeness (QED) is 0.795. The Bertz CT molecular complexity index is 587. The van der Waals surface area contributed by atoms with E-state index in [4.69, 9.17) is 5.26 Å². The predicted octanol–water partition coefficient (Wildman–Crippen LogP) is 2.88. The zero-order valence-electron chi connectivity index (χ0n) is 7.95. The molecule has 0 aliphatic rings. The second-order valence-corrected chi connectivity index (χ2v) is 4.07. The molecule has 0 saturated heterocycles. The molecule has 4 heteroatoms. The molecule has 0 radical (unpaired) electrons. The number of nitriles is 1. The van der Waals surface area contributed by atoms with Gasteiger partial charge in [0.25, 0.3) is 0 Å². The molecule has 1 N–H and O–H groups in total. The molecule has 1 aromatic heterocycles. The van der Waals surface area contributed by atoms with Gasteiger partial charge in [-0.25, -0.2) is 0 Å². The molecule has 2 rings (SSSR count). The summed E-state index contributed by atoms with van der Waals surface area (Å²) < 4.78 is 0.775. The van der Waals surface area contributed by atoms with Crippen LogP contribution in [0.3, 0.4) is 0 Å². The summed E-state index contributed by atoms with van der Waals surface area (Å²) in [4.78, 5) is 4.08. The van der Waals surface area contributed by atoms with Crippen LogP contribution in [0.5, 0.6) is 5.75 Å². The Morgan fingerprint density at radius 3 is 2.93 bits per heavy atom. The number of pyridine rings is 1. The van der Waals surface area contributed by atoms with Crippen LogP contribution in [0.4, 0.5) is 0 Å². The van der Waals surface area contributed by atoms with Gasteiger partial charge in [-0.2, -0.15) is 5.26 Å². The van der Waals surface area contributed by atoms with Crippen molar-refractivity contribution < 1.29 is 5.11 Å². The SMILES string of the molecule is Cc1ccnc2c(O)c(C#N)cc(Br)c12. The Morgan fingerprint density at radius 2 is 2.27 bits per heavy atom. The maximum absolute atomic E-state index is 9.79. The van der Waals surface area contributed by atoms with Crippen molar-refractivity contribution in [2.24, 2.45) is 0 Å². The van der Waals surface area contributed by atoms with E-state index in [1.54, 1.807) is 12.3 Å². The minimum absolute atomic E-state index is 0.0561. The van der Waals surface area contributed by atoms with Crippen LogP contribution in [0, 0.1) is 18.3 Å². The van der Waals surface area contributed by atoms with E-state index in [1.165, 1.54) is 0 Å². The summed E-state index contributed by atoms with van der Waals surface area (Å²) in [5, 5.41) is 19.4. The van der Waals surface area contributed by atoms with Crippen molar-refractivity contribution in [1.29, 1.82) is 5.26 Å². The van der Waals surface area contributed by atoms with Crippen molar-refractivity contribution in [3.8, 4) is 11.8 Å². The van der Waals surface area contributed by atoms with Gasteiger partial charge < -0.3 is 5.11 Å². The third-order valence-corrected chi connectivity index (χ3v) is 2.89. The summed E-state index contributed by atoms with van der Waals surface area (Å²) in [5.41, 5.74) is 1.69. The minimum Gasteiger partial charge on any atom is -0.504 e. The molecule has 0 saturated carbocycles. The molecule has 2 aromatic rings.